The normalized spacial score (nSPS) is 25.2. The van der Waals surface area contributed by atoms with Crippen molar-refractivity contribution in [3.63, 3.8) is 0 Å². The van der Waals surface area contributed by atoms with E-state index in [-0.39, 0.29) is 11.6 Å². The van der Waals surface area contributed by atoms with Crippen LogP contribution in [-0.4, -0.2) is 65.7 Å². The van der Waals surface area contributed by atoms with E-state index >= 15 is 0 Å². The third-order valence-electron chi connectivity index (χ3n) is 4.60. The molecule has 0 unspecified atom stereocenters. The average molecular weight is 269 g/mol. The van der Waals surface area contributed by atoms with Crippen LogP contribution in [0.5, 0.6) is 0 Å². The van der Waals surface area contributed by atoms with Gasteiger partial charge in [-0.3, -0.25) is 0 Å². The van der Waals surface area contributed by atoms with Crippen LogP contribution in [0.4, 0.5) is 4.79 Å². The van der Waals surface area contributed by atoms with Gasteiger partial charge in [-0.2, -0.15) is 0 Å². The Hall–Kier alpha value is -1.30. The molecule has 2 amide bonds. The van der Waals surface area contributed by atoms with Crippen LogP contribution in [0.3, 0.4) is 0 Å². The summed E-state index contributed by atoms with van der Waals surface area (Å²) in [6, 6.07) is -0.894. The summed E-state index contributed by atoms with van der Waals surface area (Å²) < 4.78 is 0. The summed E-state index contributed by atoms with van der Waals surface area (Å²) in [5.74, 6) is -0.904. The molecular formula is C13H23N3O3. The Balaban J connectivity index is 1.89. The Morgan fingerprint density at radius 1 is 1.37 bits per heavy atom. The van der Waals surface area contributed by atoms with Gasteiger partial charge in [0.1, 0.15) is 6.04 Å². The van der Waals surface area contributed by atoms with Gasteiger partial charge in [-0.15, -0.1) is 0 Å². The molecule has 0 spiro atoms. The van der Waals surface area contributed by atoms with Gasteiger partial charge in [0.05, 0.1) is 0 Å². The number of hydrogen-bond acceptors (Lipinski definition) is 3. The molecule has 2 N–H and O–H groups in total. The second kappa shape index (κ2) is 5.36. The number of carbonyl (C=O) groups excluding carboxylic acids is 1. The summed E-state index contributed by atoms with van der Waals surface area (Å²) in [5.41, 5.74) is 0.0636. The molecule has 0 aromatic heterocycles. The van der Waals surface area contributed by atoms with Crippen molar-refractivity contribution in [1.82, 2.24) is 15.1 Å². The number of aliphatic carboxylic acids is 1. The van der Waals surface area contributed by atoms with E-state index < -0.39 is 12.0 Å². The Morgan fingerprint density at radius 2 is 2.05 bits per heavy atom. The first-order valence-corrected chi connectivity index (χ1v) is 6.91. The summed E-state index contributed by atoms with van der Waals surface area (Å²) in [6.07, 6.45) is 4.69. The summed E-state index contributed by atoms with van der Waals surface area (Å²) in [4.78, 5) is 26.8. The fourth-order valence-corrected chi connectivity index (χ4v) is 2.98. The molecule has 19 heavy (non-hydrogen) atoms. The molecule has 6 heteroatoms. The monoisotopic (exact) mass is 269 g/mol. The van der Waals surface area contributed by atoms with Crippen molar-refractivity contribution in [2.75, 3.05) is 27.2 Å². The second-order valence-electron chi connectivity index (χ2n) is 5.82. The van der Waals surface area contributed by atoms with Gasteiger partial charge in [-0.1, -0.05) is 0 Å². The Morgan fingerprint density at radius 3 is 2.53 bits per heavy atom. The lowest BCUT2D eigenvalue weighted by atomic mass is 9.75. The molecule has 108 valence electrons. The summed E-state index contributed by atoms with van der Waals surface area (Å²) in [6.45, 7) is 1.14. The standard InChI is InChI=1S/C13H23N3O3/c1-15(2)13(6-4-7-13)9-14-12(19)16-8-3-5-10(16)11(17)18/h10H,3-9H2,1-2H3,(H,14,19)(H,17,18)/t10-/m1/s1. The predicted octanol–water partition coefficient (Wildman–Crippen LogP) is 0.729. The number of nitrogens with one attached hydrogen (secondary N) is 1. The van der Waals surface area contributed by atoms with Crippen molar-refractivity contribution in [1.29, 1.82) is 0 Å². The van der Waals surface area contributed by atoms with Crippen LogP contribution >= 0.6 is 0 Å². The molecule has 0 radical (unpaired) electrons. The molecule has 1 atom stereocenters. The number of likely N-dealkylation sites (tertiary alicyclic amines) is 1. The van der Waals surface area contributed by atoms with E-state index in [4.69, 9.17) is 5.11 Å². The van der Waals surface area contributed by atoms with Gasteiger partial charge in [0.15, 0.2) is 0 Å². The minimum absolute atomic E-state index is 0.0636. The van der Waals surface area contributed by atoms with Crippen molar-refractivity contribution in [3.8, 4) is 0 Å². The number of rotatable bonds is 4. The quantitative estimate of drug-likeness (QED) is 0.789. The molecule has 1 aliphatic carbocycles. The van der Waals surface area contributed by atoms with Crippen LogP contribution in [-0.2, 0) is 4.79 Å². The third kappa shape index (κ3) is 2.68. The minimum atomic E-state index is -0.904. The molecule has 2 rings (SSSR count). The molecule has 1 saturated carbocycles. The predicted molar refractivity (Wildman–Crippen MR) is 71.0 cm³/mol. The maximum atomic E-state index is 12.1. The van der Waals surface area contributed by atoms with E-state index in [0.29, 0.717) is 19.5 Å². The number of carboxylic acid groups (broad SMARTS) is 1. The lowest BCUT2D eigenvalue weighted by Gasteiger charge is -2.47. The SMILES string of the molecule is CN(C)C1(CNC(=O)N2CCC[C@@H]2C(=O)O)CCC1. The van der Waals surface area contributed by atoms with E-state index in [1.165, 1.54) is 11.3 Å². The van der Waals surface area contributed by atoms with Crippen LogP contribution in [0, 0.1) is 0 Å². The topological polar surface area (TPSA) is 72.9 Å². The first-order valence-electron chi connectivity index (χ1n) is 6.91. The molecular weight excluding hydrogens is 246 g/mol. The van der Waals surface area contributed by atoms with E-state index in [2.05, 4.69) is 10.2 Å². The van der Waals surface area contributed by atoms with Gasteiger partial charge in [0.25, 0.3) is 0 Å². The van der Waals surface area contributed by atoms with Gasteiger partial charge >= 0.3 is 12.0 Å². The molecule has 1 aliphatic heterocycles. The Labute approximate surface area is 113 Å². The molecule has 2 aliphatic rings. The van der Waals surface area contributed by atoms with Crippen LogP contribution in [0.15, 0.2) is 0 Å². The largest absolute Gasteiger partial charge is 0.480 e. The third-order valence-corrected chi connectivity index (χ3v) is 4.60. The highest BCUT2D eigenvalue weighted by molar-refractivity contribution is 5.83. The second-order valence-corrected chi connectivity index (χ2v) is 5.82. The van der Waals surface area contributed by atoms with Crippen LogP contribution < -0.4 is 5.32 Å². The fourth-order valence-electron chi connectivity index (χ4n) is 2.98. The zero-order valence-electron chi connectivity index (χ0n) is 11.7. The van der Waals surface area contributed by atoms with E-state index in [1.807, 2.05) is 14.1 Å². The maximum Gasteiger partial charge on any atom is 0.326 e. The highest BCUT2D eigenvalue weighted by Gasteiger charge is 2.40. The Kier molecular flexibility index (Phi) is 3.99. The zero-order chi connectivity index (χ0) is 14.0. The van der Waals surface area contributed by atoms with Crippen molar-refractivity contribution in [2.45, 2.75) is 43.7 Å². The highest BCUT2D eigenvalue weighted by Crippen LogP contribution is 2.35. The lowest BCUT2D eigenvalue weighted by Crippen LogP contribution is -2.59. The average Bonchev–Trinajstić information content (AvgIpc) is 2.75. The van der Waals surface area contributed by atoms with Gasteiger partial charge in [0, 0.05) is 18.6 Å². The van der Waals surface area contributed by atoms with Gasteiger partial charge in [-0.25, -0.2) is 9.59 Å². The maximum absolute atomic E-state index is 12.1. The van der Waals surface area contributed by atoms with Crippen LogP contribution in [0.1, 0.15) is 32.1 Å². The number of carboxylic acids is 1. The molecule has 0 bridgehead atoms. The van der Waals surface area contributed by atoms with Crippen LogP contribution in [0.25, 0.3) is 0 Å². The van der Waals surface area contributed by atoms with Gasteiger partial charge in [-0.05, 0) is 46.2 Å². The van der Waals surface area contributed by atoms with Crippen molar-refractivity contribution >= 4 is 12.0 Å². The van der Waals surface area contributed by atoms with E-state index in [0.717, 1.165) is 19.3 Å². The summed E-state index contributed by atoms with van der Waals surface area (Å²) >= 11 is 0. The zero-order valence-corrected chi connectivity index (χ0v) is 11.7. The summed E-state index contributed by atoms with van der Waals surface area (Å²) in [5, 5.41) is 12.0. The smallest absolute Gasteiger partial charge is 0.326 e. The van der Waals surface area contributed by atoms with Gasteiger partial charge in [0.2, 0.25) is 0 Å². The minimum Gasteiger partial charge on any atom is -0.480 e. The molecule has 1 saturated heterocycles. The van der Waals surface area contributed by atoms with E-state index in [9.17, 15) is 9.59 Å². The van der Waals surface area contributed by atoms with Crippen molar-refractivity contribution < 1.29 is 14.7 Å². The summed E-state index contributed by atoms with van der Waals surface area (Å²) in [7, 11) is 4.06. The number of carbonyl (C=O) groups is 2. The molecule has 0 aromatic rings. The highest BCUT2D eigenvalue weighted by atomic mass is 16.4. The first-order chi connectivity index (χ1) is 8.96. The molecule has 2 fully saturated rings. The van der Waals surface area contributed by atoms with Gasteiger partial charge < -0.3 is 20.2 Å². The van der Waals surface area contributed by atoms with Crippen molar-refractivity contribution in [2.24, 2.45) is 0 Å². The fraction of sp³-hybridized carbons (Fsp3) is 0.846. The molecule has 1 heterocycles. The Bertz CT molecular complexity index is 366. The molecule has 0 aromatic carbocycles. The number of nitrogens with zero attached hydrogens (tertiary/aromatic N) is 2. The number of likely N-dealkylation sites (N-methyl/N-ethyl adjacent to an activating group) is 1. The number of amides is 2. The number of urea groups is 1. The molecule has 6 nitrogen and oxygen atoms in total. The lowest BCUT2D eigenvalue weighted by molar-refractivity contribution is -0.141. The van der Waals surface area contributed by atoms with E-state index in [1.54, 1.807) is 0 Å². The number of hydrogen-bond donors (Lipinski definition) is 2. The first kappa shape index (κ1) is 14.1. The van der Waals surface area contributed by atoms with Crippen molar-refractivity contribution in [3.05, 3.63) is 0 Å². The van der Waals surface area contributed by atoms with Crippen LogP contribution in [0.2, 0.25) is 0 Å².